The van der Waals surface area contributed by atoms with Crippen molar-refractivity contribution in [3.63, 3.8) is 0 Å². The van der Waals surface area contributed by atoms with E-state index in [0.717, 1.165) is 55.4 Å². The van der Waals surface area contributed by atoms with E-state index in [0.29, 0.717) is 0 Å². The molecule has 3 heterocycles. The van der Waals surface area contributed by atoms with Gasteiger partial charge < -0.3 is 13.6 Å². The van der Waals surface area contributed by atoms with E-state index in [4.69, 9.17) is 13.6 Å². The zero-order chi connectivity index (χ0) is 44.1. The van der Waals surface area contributed by atoms with Crippen LogP contribution in [0.25, 0.3) is 43.9 Å². The Morgan fingerprint density at radius 3 is 1.17 bits per heavy atom. The molecule has 1 aliphatic heterocycles. The number of rotatable bonds is 6. The predicted octanol–water partition coefficient (Wildman–Crippen LogP) is 14.0. The maximum Gasteiger partial charge on any atom is 0.143 e. The van der Waals surface area contributed by atoms with Crippen LogP contribution < -0.4 is 36.6 Å². The lowest BCUT2D eigenvalue weighted by Gasteiger charge is -2.41. The Morgan fingerprint density at radius 2 is 0.766 bits per heavy atom. The topological polar surface area (TPSA) is 35.5 Å². The summed E-state index contributed by atoms with van der Waals surface area (Å²) in [5.74, 6) is 1.89. The van der Waals surface area contributed by atoms with Crippen molar-refractivity contribution >= 4 is 91.5 Å². The minimum Gasteiger partial charge on any atom is -0.455 e. The van der Waals surface area contributed by atoms with E-state index in [1.807, 2.05) is 0 Å². The van der Waals surface area contributed by atoms with Crippen LogP contribution in [0.4, 0.5) is 0 Å². The summed E-state index contributed by atoms with van der Waals surface area (Å²) in [4.78, 5) is 0. The van der Waals surface area contributed by atoms with Gasteiger partial charge in [-0.2, -0.15) is 0 Å². The van der Waals surface area contributed by atoms with Crippen molar-refractivity contribution in [3.8, 4) is 11.5 Å². The fourth-order valence-corrected chi connectivity index (χ4v) is 14.7. The maximum atomic E-state index is 7.87. The molecule has 1 aliphatic rings. The smallest absolute Gasteiger partial charge is 0.143 e. The van der Waals surface area contributed by atoms with Gasteiger partial charge in [0.2, 0.25) is 0 Å². The molecule has 0 N–H and O–H groups in total. The van der Waals surface area contributed by atoms with Crippen LogP contribution in [0.5, 0.6) is 11.5 Å². The molecule has 316 valence electrons. The van der Waals surface area contributed by atoms with E-state index in [9.17, 15) is 0 Å². The second-order valence-corrected chi connectivity index (χ2v) is 24.1. The lowest BCUT2D eigenvalue weighted by atomic mass is 9.72. The van der Waals surface area contributed by atoms with Crippen molar-refractivity contribution in [2.45, 2.75) is 71.6 Å². The van der Waals surface area contributed by atoms with Gasteiger partial charge >= 0.3 is 0 Å². The summed E-state index contributed by atoms with van der Waals surface area (Å²) in [6, 6.07) is 62.1. The number of ether oxygens (including phenoxy) is 1. The summed E-state index contributed by atoms with van der Waals surface area (Å²) in [6.07, 6.45) is 0. The molecule has 0 saturated heterocycles. The first-order valence-electron chi connectivity index (χ1n) is 22.3. The third-order valence-corrected chi connectivity index (χ3v) is 18.1. The van der Waals surface area contributed by atoms with Crippen LogP contribution in [-0.4, -0.2) is 0 Å². The van der Waals surface area contributed by atoms with Crippen LogP contribution in [0.1, 0.15) is 77.6 Å². The van der Waals surface area contributed by atoms with Gasteiger partial charge in [0.25, 0.3) is 0 Å². The maximum absolute atomic E-state index is 7.87. The van der Waals surface area contributed by atoms with Crippen molar-refractivity contribution in [1.29, 1.82) is 0 Å². The Bertz CT molecular complexity index is 3190. The molecule has 11 rings (SSSR count). The Labute approximate surface area is 378 Å². The molecule has 2 atom stereocenters. The van der Waals surface area contributed by atoms with E-state index < -0.39 is 21.3 Å². The Kier molecular flexibility index (Phi) is 9.59. The molecule has 0 bridgehead atoms. The minimum absolute atomic E-state index is 0.130. The van der Waals surface area contributed by atoms with Crippen molar-refractivity contribution in [2.75, 3.05) is 0 Å². The number of fused-ring (bicyclic) bond motifs is 8. The van der Waals surface area contributed by atoms with E-state index in [1.165, 1.54) is 54.1 Å². The highest BCUT2D eigenvalue weighted by Gasteiger charge is 2.42. The van der Waals surface area contributed by atoms with Gasteiger partial charge in [-0.3, -0.25) is 0 Å². The molecule has 64 heavy (non-hydrogen) atoms. The van der Waals surface area contributed by atoms with Crippen molar-refractivity contribution in [2.24, 2.45) is 0 Å². The van der Waals surface area contributed by atoms with Gasteiger partial charge in [-0.1, -0.05) is 201 Å². The van der Waals surface area contributed by atoms with Gasteiger partial charge in [-0.25, -0.2) is 0 Å². The van der Waals surface area contributed by atoms with E-state index >= 15 is 0 Å². The summed E-state index contributed by atoms with van der Waals surface area (Å²) < 4.78 is 21.6. The zero-order valence-corrected chi connectivity index (χ0v) is 39.6. The average Bonchev–Trinajstić information content (AvgIpc) is 3.87. The fourth-order valence-electron chi connectivity index (χ4n) is 9.60. The van der Waals surface area contributed by atoms with Crippen molar-refractivity contribution in [3.05, 3.63) is 192 Å². The molecule has 0 saturated carbocycles. The van der Waals surface area contributed by atoms with Gasteiger partial charge in [-0.05, 0) is 72.7 Å². The molecule has 5 heteroatoms. The molecule has 0 radical (unpaired) electrons. The number of hydrogen-bond donors (Lipinski definition) is 0. The molecular formula is C59H52O3P2. The van der Waals surface area contributed by atoms with E-state index in [2.05, 4.69) is 225 Å². The average molecular weight is 871 g/mol. The largest absolute Gasteiger partial charge is 0.455 e. The molecule has 0 amide bonds. The normalized spacial score (nSPS) is 14.7. The van der Waals surface area contributed by atoms with Crippen molar-refractivity contribution < 1.29 is 13.6 Å². The molecule has 0 fully saturated rings. The van der Waals surface area contributed by atoms with Gasteiger partial charge in [-0.15, -0.1) is 0 Å². The molecule has 0 spiro atoms. The van der Waals surface area contributed by atoms with Gasteiger partial charge in [0.1, 0.15) is 33.8 Å². The molecular weight excluding hydrogens is 819 g/mol. The second kappa shape index (κ2) is 15.1. The monoisotopic (exact) mass is 870 g/mol. The molecule has 2 aromatic heterocycles. The Balaban J connectivity index is 1.23. The SMILES string of the molecule is CC(C)(C)c1cc([P@@](c2ccccc2)c2cccc3c2oc2ccccc23)c2c(c1)C(C)(C)c1cc(C(C)(C)C)cc([P@@](c3ccccc3)c3cccc4c3oc3ccccc34)c1O2. The Morgan fingerprint density at radius 1 is 0.391 bits per heavy atom. The predicted molar refractivity (Wildman–Crippen MR) is 274 cm³/mol. The number of furan rings is 2. The summed E-state index contributed by atoms with van der Waals surface area (Å²) >= 11 is 0. The highest BCUT2D eigenvalue weighted by molar-refractivity contribution is 7.81. The summed E-state index contributed by atoms with van der Waals surface area (Å²) in [5.41, 5.74) is 7.98. The summed E-state index contributed by atoms with van der Waals surface area (Å²) in [6.45, 7) is 18.8. The zero-order valence-electron chi connectivity index (χ0n) is 37.8. The van der Waals surface area contributed by atoms with Crippen LogP contribution >= 0.6 is 15.8 Å². The number of benzene rings is 8. The lowest BCUT2D eigenvalue weighted by molar-refractivity contribution is 0.422. The molecule has 0 aliphatic carbocycles. The van der Waals surface area contributed by atoms with Crippen LogP contribution in [-0.2, 0) is 16.2 Å². The first-order valence-corrected chi connectivity index (χ1v) is 25.0. The summed E-state index contributed by atoms with van der Waals surface area (Å²) in [7, 11) is -2.39. The minimum atomic E-state index is -1.19. The third-order valence-electron chi connectivity index (χ3n) is 13.2. The van der Waals surface area contributed by atoms with Crippen molar-refractivity contribution in [1.82, 2.24) is 0 Å². The summed E-state index contributed by atoms with van der Waals surface area (Å²) in [5, 5.41) is 11.8. The Hall–Kier alpha value is -5.98. The van der Waals surface area contributed by atoms with E-state index in [-0.39, 0.29) is 10.8 Å². The molecule has 8 aromatic carbocycles. The molecule has 0 unspecified atom stereocenters. The highest BCUT2D eigenvalue weighted by Crippen LogP contribution is 2.55. The molecule has 10 aromatic rings. The van der Waals surface area contributed by atoms with Gasteiger partial charge in [0.15, 0.2) is 0 Å². The first kappa shape index (κ1) is 40.8. The number of hydrogen-bond acceptors (Lipinski definition) is 3. The second-order valence-electron chi connectivity index (χ2n) is 19.8. The van der Waals surface area contributed by atoms with Crippen LogP contribution in [0.15, 0.2) is 179 Å². The van der Waals surface area contributed by atoms with Gasteiger partial charge in [0.05, 0.1) is 0 Å². The van der Waals surface area contributed by atoms with Gasteiger partial charge in [0, 0.05) is 59.3 Å². The highest BCUT2D eigenvalue weighted by atomic mass is 31.1. The third kappa shape index (κ3) is 6.62. The number of para-hydroxylation sites is 4. The lowest BCUT2D eigenvalue weighted by Crippen LogP contribution is -2.35. The molecule has 3 nitrogen and oxygen atoms in total. The standard InChI is InChI=1S/C59H52O3P2/c1-57(2,3)37-33-45-55(51(35-37)63(39-21-11-9-12-22-39)49-31-19-27-43-41-25-15-17-29-47(41)60-53(43)49)62-56-46(59(45,7)8)34-38(58(4,5)6)36-52(56)64(40-23-13-10-14-24-40)50-32-20-28-44-42-26-16-18-30-48(42)61-54(44)50/h9-36H,1-8H3/t63-,64-/m0/s1. The van der Waals surface area contributed by atoms with E-state index in [1.54, 1.807) is 0 Å². The van der Waals surface area contributed by atoms with Crippen LogP contribution in [0.3, 0.4) is 0 Å². The first-order chi connectivity index (χ1) is 30.8. The fraction of sp³-hybridized carbons (Fsp3) is 0.186. The van der Waals surface area contributed by atoms with Crippen LogP contribution in [0.2, 0.25) is 0 Å². The quantitative estimate of drug-likeness (QED) is 0.156. The van der Waals surface area contributed by atoms with Crippen LogP contribution in [0, 0.1) is 0 Å².